The lowest BCUT2D eigenvalue weighted by Gasteiger charge is -2.48. The SMILES string of the molecule is CCN1C2=C(c3ccc(C(C(=O)O)C(C)=NO)cc3C2)C(C)(CC)C2=Cc3ccccc3C21. The van der Waals surface area contributed by atoms with Gasteiger partial charge in [0.15, 0.2) is 0 Å². The normalized spacial score (nSPS) is 24.1. The van der Waals surface area contributed by atoms with E-state index < -0.39 is 11.9 Å². The number of carboxylic acids is 1. The second-order valence-electron chi connectivity index (χ2n) is 9.53. The highest BCUT2D eigenvalue weighted by Crippen LogP contribution is 2.62. The Morgan fingerprint density at radius 2 is 2.00 bits per heavy atom. The molecule has 0 saturated heterocycles. The first-order valence-corrected chi connectivity index (χ1v) is 11.7. The van der Waals surface area contributed by atoms with Crippen molar-refractivity contribution in [3.8, 4) is 0 Å². The van der Waals surface area contributed by atoms with Gasteiger partial charge in [-0.2, -0.15) is 0 Å². The van der Waals surface area contributed by atoms with Gasteiger partial charge in [-0.1, -0.05) is 67.5 Å². The van der Waals surface area contributed by atoms with Crippen LogP contribution in [-0.4, -0.2) is 33.4 Å². The number of hydrogen-bond donors (Lipinski definition) is 2. The molecule has 0 radical (unpaired) electrons. The Morgan fingerprint density at radius 3 is 2.67 bits per heavy atom. The molecule has 1 heterocycles. The van der Waals surface area contributed by atoms with E-state index in [-0.39, 0.29) is 17.2 Å². The van der Waals surface area contributed by atoms with Crippen LogP contribution < -0.4 is 0 Å². The number of aliphatic carboxylic acids is 1. The number of fused-ring (bicyclic) bond motifs is 5. The third-order valence-corrected chi connectivity index (χ3v) is 7.99. The predicted octanol–water partition coefficient (Wildman–Crippen LogP) is 5.86. The van der Waals surface area contributed by atoms with E-state index in [2.05, 4.69) is 67.2 Å². The van der Waals surface area contributed by atoms with E-state index in [1.807, 2.05) is 12.1 Å². The summed E-state index contributed by atoms with van der Waals surface area (Å²) in [5.74, 6) is -1.96. The third kappa shape index (κ3) is 2.91. The first kappa shape index (κ1) is 21.5. The molecule has 5 nitrogen and oxygen atoms in total. The molecule has 5 heteroatoms. The zero-order valence-electron chi connectivity index (χ0n) is 19.6. The maximum atomic E-state index is 11.9. The van der Waals surface area contributed by atoms with E-state index in [9.17, 15) is 15.1 Å². The number of benzene rings is 2. The van der Waals surface area contributed by atoms with Crippen LogP contribution in [0.1, 0.15) is 73.9 Å². The van der Waals surface area contributed by atoms with Crippen molar-refractivity contribution in [2.45, 2.75) is 52.5 Å². The smallest absolute Gasteiger partial charge is 0.316 e. The van der Waals surface area contributed by atoms with Crippen molar-refractivity contribution in [1.82, 2.24) is 4.90 Å². The molecule has 2 N–H and O–H groups in total. The van der Waals surface area contributed by atoms with Crippen LogP contribution in [0, 0.1) is 5.41 Å². The molecule has 3 aliphatic rings. The minimum Gasteiger partial charge on any atom is -0.480 e. The number of carbonyl (C=O) groups is 1. The van der Waals surface area contributed by atoms with E-state index in [1.165, 1.54) is 33.5 Å². The maximum Gasteiger partial charge on any atom is 0.316 e. The molecular weight excluding hydrogens is 412 g/mol. The van der Waals surface area contributed by atoms with Gasteiger partial charge < -0.3 is 15.2 Å². The van der Waals surface area contributed by atoms with Crippen molar-refractivity contribution < 1.29 is 15.1 Å². The summed E-state index contributed by atoms with van der Waals surface area (Å²) in [5, 5.41) is 22.2. The highest BCUT2D eigenvalue weighted by Gasteiger charge is 2.50. The number of allylic oxidation sites excluding steroid dienone is 2. The molecule has 0 saturated carbocycles. The van der Waals surface area contributed by atoms with Crippen LogP contribution in [0.3, 0.4) is 0 Å². The van der Waals surface area contributed by atoms with Gasteiger partial charge in [-0.05, 0) is 59.2 Å². The molecule has 2 aliphatic carbocycles. The molecule has 0 fully saturated rings. The summed E-state index contributed by atoms with van der Waals surface area (Å²) in [6.07, 6.45) is 4.17. The Kier molecular flexibility index (Phi) is 4.96. The lowest BCUT2D eigenvalue weighted by atomic mass is 9.66. The molecule has 3 atom stereocenters. The monoisotopic (exact) mass is 442 g/mol. The maximum absolute atomic E-state index is 11.9. The summed E-state index contributed by atoms with van der Waals surface area (Å²) in [4.78, 5) is 14.5. The fourth-order valence-electron chi connectivity index (χ4n) is 6.25. The number of likely N-dealkylation sites (N-methyl/N-ethyl adjacent to an activating group) is 1. The van der Waals surface area contributed by atoms with Gasteiger partial charge >= 0.3 is 5.97 Å². The second kappa shape index (κ2) is 7.62. The topological polar surface area (TPSA) is 73.1 Å². The summed E-state index contributed by atoms with van der Waals surface area (Å²) in [6.45, 7) is 9.30. The van der Waals surface area contributed by atoms with Crippen molar-refractivity contribution in [3.05, 3.63) is 81.6 Å². The molecule has 2 aromatic rings. The van der Waals surface area contributed by atoms with Crippen LogP contribution in [0.4, 0.5) is 0 Å². The summed E-state index contributed by atoms with van der Waals surface area (Å²) in [6, 6.07) is 14.9. The van der Waals surface area contributed by atoms with Crippen LogP contribution in [-0.2, 0) is 11.2 Å². The average Bonchev–Trinajstić information content (AvgIpc) is 3.39. The number of hydrogen-bond acceptors (Lipinski definition) is 4. The third-order valence-electron chi connectivity index (χ3n) is 7.99. The minimum atomic E-state index is -1.01. The largest absolute Gasteiger partial charge is 0.480 e. The number of nitrogens with zero attached hydrogens (tertiary/aromatic N) is 2. The summed E-state index contributed by atoms with van der Waals surface area (Å²) in [7, 11) is 0. The minimum absolute atomic E-state index is 0.0911. The molecule has 3 unspecified atom stereocenters. The van der Waals surface area contributed by atoms with E-state index >= 15 is 0 Å². The van der Waals surface area contributed by atoms with Crippen molar-refractivity contribution >= 4 is 23.3 Å². The van der Waals surface area contributed by atoms with E-state index in [1.54, 1.807) is 6.92 Å². The van der Waals surface area contributed by atoms with Crippen molar-refractivity contribution in [2.24, 2.45) is 10.6 Å². The summed E-state index contributed by atoms with van der Waals surface area (Å²) < 4.78 is 0. The standard InChI is InChI=1S/C28H30N2O3/c1-5-28(4)22-14-17-9-7-8-10-21(17)26(22)30(6-2)23-15-19-13-18(11-12-20(19)25(23)28)24(27(31)32)16(3)29-33/h7-14,24,26,33H,5-6,15H2,1-4H3,(H,31,32). The van der Waals surface area contributed by atoms with Crippen LogP contribution in [0.5, 0.6) is 0 Å². The zero-order chi connectivity index (χ0) is 23.5. The summed E-state index contributed by atoms with van der Waals surface area (Å²) >= 11 is 0. The van der Waals surface area contributed by atoms with Crippen LogP contribution in [0.2, 0.25) is 0 Å². The van der Waals surface area contributed by atoms with Crippen molar-refractivity contribution in [3.63, 3.8) is 0 Å². The first-order chi connectivity index (χ1) is 15.8. The molecule has 0 aromatic heterocycles. The average molecular weight is 443 g/mol. The Labute approximate surface area is 194 Å². The molecule has 5 rings (SSSR count). The van der Waals surface area contributed by atoms with Gasteiger partial charge in [-0.3, -0.25) is 4.79 Å². The van der Waals surface area contributed by atoms with Gasteiger partial charge in [-0.25, -0.2) is 0 Å². The van der Waals surface area contributed by atoms with E-state index in [0.29, 0.717) is 5.56 Å². The Morgan fingerprint density at radius 1 is 1.24 bits per heavy atom. The fourth-order valence-corrected chi connectivity index (χ4v) is 6.25. The Balaban J connectivity index is 1.66. The van der Waals surface area contributed by atoms with E-state index in [0.717, 1.165) is 24.9 Å². The lowest BCUT2D eigenvalue weighted by molar-refractivity contribution is -0.137. The lowest BCUT2D eigenvalue weighted by Crippen LogP contribution is -2.39. The molecule has 0 bridgehead atoms. The molecule has 2 aromatic carbocycles. The van der Waals surface area contributed by atoms with Crippen molar-refractivity contribution in [2.75, 3.05) is 6.54 Å². The van der Waals surface area contributed by atoms with Crippen molar-refractivity contribution in [1.29, 1.82) is 0 Å². The highest BCUT2D eigenvalue weighted by molar-refractivity contribution is 6.05. The number of carboxylic acid groups (broad SMARTS) is 1. The van der Waals surface area contributed by atoms with Gasteiger partial charge in [-0.15, -0.1) is 0 Å². The van der Waals surface area contributed by atoms with Crippen LogP contribution in [0.25, 0.3) is 11.6 Å². The molecule has 1 aliphatic heterocycles. The number of oxime groups is 1. The first-order valence-electron chi connectivity index (χ1n) is 11.7. The van der Waals surface area contributed by atoms with Gasteiger partial charge in [0, 0.05) is 24.1 Å². The van der Waals surface area contributed by atoms with Gasteiger partial charge in [0.1, 0.15) is 5.92 Å². The molecule has 0 amide bonds. The zero-order valence-corrected chi connectivity index (χ0v) is 19.6. The van der Waals surface area contributed by atoms with Crippen LogP contribution in [0.15, 0.2) is 58.9 Å². The molecule has 0 spiro atoms. The second-order valence-corrected chi connectivity index (χ2v) is 9.53. The van der Waals surface area contributed by atoms with E-state index in [4.69, 9.17) is 0 Å². The fraction of sp³-hybridized carbons (Fsp3) is 0.357. The van der Waals surface area contributed by atoms with Gasteiger partial charge in [0.25, 0.3) is 0 Å². The summed E-state index contributed by atoms with van der Waals surface area (Å²) in [5.41, 5.74) is 9.99. The quantitative estimate of drug-likeness (QED) is 0.345. The molecule has 170 valence electrons. The Hall–Kier alpha value is -3.34. The predicted molar refractivity (Wildman–Crippen MR) is 130 cm³/mol. The Bertz CT molecular complexity index is 1260. The van der Waals surface area contributed by atoms with Gasteiger partial charge in [0.05, 0.1) is 11.8 Å². The molecule has 33 heavy (non-hydrogen) atoms. The molecular formula is C28H30N2O3. The van der Waals surface area contributed by atoms with Crippen LogP contribution >= 0.6 is 0 Å². The number of rotatable bonds is 5. The highest BCUT2D eigenvalue weighted by atomic mass is 16.4. The van der Waals surface area contributed by atoms with Gasteiger partial charge in [0.2, 0.25) is 0 Å².